The average molecular weight is 379 g/mol. The van der Waals surface area contributed by atoms with Crippen LogP contribution in [-0.2, 0) is 9.59 Å². The van der Waals surface area contributed by atoms with Crippen LogP contribution in [0.5, 0.6) is 5.75 Å². The highest BCUT2D eigenvalue weighted by Gasteiger charge is 2.41. The van der Waals surface area contributed by atoms with Crippen LogP contribution >= 0.6 is 23.2 Å². The van der Waals surface area contributed by atoms with Gasteiger partial charge in [-0.15, -0.1) is 0 Å². The molecule has 0 saturated carbocycles. The fraction of sp³-hybridized carbons (Fsp3) is 0.222. The normalized spacial score (nSPS) is 15.4. The van der Waals surface area contributed by atoms with Crippen LogP contribution in [0.15, 0.2) is 42.5 Å². The number of rotatable bonds is 3. The minimum atomic E-state index is -1.08. The van der Waals surface area contributed by atoms with Crippen molar-refractivity contribution in [2.45, 2.75) is 19.4 Å². The summed E-state index contributed by atoms with van der Waals surface area (Å²) in [4.78, 5) is 26.5. The van der Waals surface area contributed by atoms with Crippen molar-refractivity contribution in [3.8, 4) is 5.75 Å². The third-order valence-corrected chi connectivity index (χ3v) is 4.35. The molecule has 2 amide bonds. The zero-order chi connectivity index (χ0) is 18.2. The van der Waals surface area contributed by atoms with Gasteiger partial charge in [0, 0.05) is 5.02 Å². The molecule has 7 heteroatoms. The summed E-state index contributed by atoms with van der Waals surface area (Å²) in [5.74, 6) is -0.193. The number of amides is 2. The van der Waals surface area contributed by atoms with E-state index in [2.05, 4.69) is 5.32 Å². The van der Waals surface area contributed by atoms with Crippen molar-refractivity contribution >= 4 is 46.4 Å². The highest BCUT2D eigenvalue weighted by molar-refractivity contribution is 6.33. The molecule has 0 radical (unpaired) electrons. The van der Waals surface area contributed by atoms with Gasteiger partial charge in [-0.3, -0.25) is 14.5 Å². The van der Waals surface area contributed by atoms with E-state index < -0.39 is 5.60 Å². The maximum absolute atomic E-state index is 12.7. The summed E-state index contributed by atoms with van der Waals surface area (Å²) in [6.45, 7) is 3.14. The van der Waals surface area contributed by atoms with Gasteiger partial charge in [0.25, 0.3) is 5.91 Å². The number of halogens is 2. The predicted molar refractivity (Wildman–Crippen MR) is 98.6 cm³/mol. The van der Waals surface area contributed by atoms with Crippen LogP contribution in [0.1, 0.15) is 13.8 Å². The molecule has 0 aromatic heterocycles. The lowest BCUT2D eigenvalue weighted by atomic mass is 10.0. The quantitative estimate of drug-likeness (QED) is 0.872. The Bertz CT molecular complexity index is 852. The van der Waals surface area contributed by atoms with Crippen molar-refractivity contribution in [1.82, 2.24) is 0 Å². The van der Waals surface area contributed by atoms with Gasteiger partial charge in [0.15, 0.2) is 5.60 Å². The van der Waals surface area contributed by atoms with Crippen LogP contribution in [0, 0.1) is 0 Å². The number of nitrogens with zero attached hydrogens (tertiary/aromatic N) is 1. The topological polar surface area (TPSA) is 58.6 Å². The van der Waals surface area contributed by atoms with E-state index in [0.29, 0.717) is 27.2 Å². The molecule has 3 rings (SSSR count). The molecule has 2 aromatic carbocycles. The number of anilines is 2. The highest BCUT2D eigenvalue weighted by atomic mass is 35.5. The second-order valence-electron chi connectivity index (χ2n) is 6.14. The molecule has 5 nitrogen and oxygen atoms in total. The van der Waals surface area contributed by atoms with Crippen LogP contribution in [0.4, 0.5) is 11.4 Å². The van der Waals surface area contributed by atoms with Gasteiger partial charge in [-0.25, -0.2) is 0 Å². The monoisotopic (exact) mass is 378 g/mol. The van der Waals surface area contributed by atoms with Gasteiger partial charge < -0.3 is 10.1 Å². The number of para-hydroxylation sites is 1. The number of nitrogens with one attached hydrogen (secondary N) is 1. The standard InChI is InChI=1S/C18H16Cl2N2O3/c1-18(2)17(24)22(14-9-11(19)7-8-15(14)25-18)10-16(23)21-13-6-4-3-5-12(13)20/h3-9H,10H2,1-2H3,(H,21,23). The van der Waals surface area contributed by atoms with E-state index in [1.807, 2.05) is 0 Å². The summed E-state index contributed by atoms with van der Waals surface area (Å²) in [5, 5.41) is 3.59. The number of hydrogen-bond acceptors (Lipinski definition) is 3. The molecule has 1 aliphatic rings. The van der Waals surface area contributed by atoms with E-state index >= 15 is 0 Å². The Kier molecular flexibility index (Phi) is 4.62. The Morgan fingerprint density at radius 3 is 2.64 bits per heavy atom. The van der Waals surface area contributed by atoms with Crippen molar-refractivity contribution in [3.05, 3.63) is 52.5 Å². The van der Waals surface area contributed by atoms with Crippen molar-refractivity contribution < 1.29 is 14.3 Å². The summed E-state index contributed by atoms with van der Waals surface area (Å²) in [5.41, 5.74) is -0.127. The second-order valence-corrected chi connectivity index (χ2v) is 6.99. The van der Waals surface area contributed by atoms with E-state index in [1.165, 1.54) is 4.90 Å². The minimum Gasteiger partial charge on any atom is -0.476 e. The Balaban J connectivity index is 1.88. The fourth-order valence-corrected chi connectivity index (χ4v) is 2.94. The Hall–Kier alpha value is -2.24. The summed E-state index contributed by atoms with van der Waals surface area (Å²) < 4.78 is 5.73. The Morgan fingerprint density at radius 1 is 1.20 bits per heavy atom. The Labute approximate surface area is 155 Å². The van der Waals surface area contributed by atoms with Crippen LogP contribution in [-0.4, -0.2) is 24.0 Å². The first kappa shape index (κ1) is 17.6. The summed E-state index contributed by atoms with van der Waals surface area (Å²) in [6.07, 6.45) is 0. The number of hydrogen-bond donors (Lipinski definition) is 1. The maximum atomic E-state index is 12.7. The summed E-state index contributed by atoms with van der Waals surface area (Å²) in [6, 6.07) is 11.9. The molecule has 25 heavy (non-hydrogen) atoms. The Morgan fingerprint density at radius 2 is 1.92 bits per heavy atom. The molecule has 0 fully saturated rings. The smallest absolute Gasteiger partial charge is 0.271 e. The number of carbonyl (C=O) groups is 2. The molecule has 130 valence electrons. The maximum Gasteiger partial charge on any atom is 0.271 e. The molecule has 0 spiro atoms. The SMILES string of the molecule is CC1(C)Oc2ccc(Cl)cc2N(CC(=O)Nc2ccccc2Cl)C1=O. The van der Waals surface area contributed by atoms with Crippen molar-refractivity contribution in [2.75, 3.05) is 16.8 Å². The number of benzene rings is 2. The van der Waals surface area contributed by atoms with E-state index in [-0.39, 0.29) is 18.4 Å². The molecule has 1 heterocycles. The van der Waals surface area contributed by atoms with Crippen LogP contribution in [0.3, 0.4) is 0 Å². The zero-order valence-electron chi connectivity index (χ0n) is 13.7. The number of ether oxygens (including phenoxy) is 1. The van der Waals surface area contributed by atoms with Gasteiger partial charge in [-0.05, 0) is 44.2 Å². The van der Waals surface area contributed by atoms with Gasteiger partial charge in [0.1, 0.15) is 12.3 Å². The molecule has 0 bridgehead atoms. The first-order valence-electron chi connectivity index (χ1n) is 7.63. The molecule has 0 unspecified atom stereocenters. The molecular weight excluding hydrogens is 363 g/mol. The van der Waals surface area contributed by atoms with Crippen molar-refractivity contribution in [3.63, 3.8) is 0 Å². The van der Waals surface area contributed by atoms with Crippen molar-refractivity contribution in [1.29, 1.82) is 0 Å². The van der Waals surface area contributed by atoms with Crippen molar-refractivity contribution in [2.24, 2.45) is 0 Å². The molecule has 1 aliphatic heterocycles. The molecule has 0 saturated heterocycles. The van der Waals surface area contributed by atoms with E-state index in [9.17, 15) is 9.59 Å². The van der Waals surface area contributed by atoms with Crippen LogP contribution in [0.2, 0.25) is 10.0 Å². The van der Waals surface area contributed by atoms with Gasteiger partial charge in [0.2, 0.25) is 5.91 Å². The number of fused-ring (bicyclic) bond motifs is 1. The second kappa shape index (κ2) is 6.58. The molecule has 2 aromatic rings. The third-order valence-electron chi connectivity index (χ3n) is 3.79. The minimum absolute atomic E-state index is 0.176. The highest BCUT2D eigenvalue weighted by Crippen LogP contribution is 2.39. The van der Waals surface area contributed by atoms with Crippen LogP contribution < -0.4 is 15.0 Å². The summed E-state index contributed by atoms with van der Waals surface area (Å²) >= 11 is 12.1. The van der Waals surface area contributed by atoms with E-state index in [1.54, 1.807) is 56.3 Å². The summed E-state index contributed by atoms with van der Waals surface area (Å²) in [7, 11) is 0. The first-order valence-corrected chi connectivity index (χ1v) is 8.38. The van der Waals surface area contributed by atoms with E-state index in [4.69, 9.17) is 27.9 Å². The fourth-order valence-electron chi connectivity index (χ4n) is 2.59. The predicted octanol–water partition coefficient (Wildman–Crippen LogP) is 4.14. The van der Waals surface area contributed by atoms with E-state index in [0.717, 1.165) is 0 Å². The number of carbonyl (C=O) groups excluding carboxylic acids is 2. The largest absolute Gasteiger partial charge is 0.476 e. The first-order chi connectivity index (χ1) is 11.8. The van der Waals surface area contributed by atoms with Gasteiger partial charge in [0.05, 0.1) is 16.4 Å². The lowest BCUT2D eigenvalue weighted by Gasteiger charge is -2.38. The van der Waals surface area contributed by atoms with Gasteiger partial charge in [-0.1, -0.05) is 35.3 Å². The average Bonchev–Trinajstić information content (AvgIpc) is 2.55. The molecule has 0 aliphatic carbocycles. The molecule has 1 N–H and O–H groups in total. The van der Waals surface area contributed by atoms with Gasteiger partial charge in [-0.2, -0.15) is 0 Å². The molecular formula is C18H16Cl2N2O3. The lowest BCUT2D eigenvalue weighted by Crippen LogP contribution is -2.54. The van der Waals surface area contributed by atoms with Gasteiger partial charge >= 0.3 is 0 Å². The molecule has 0 atom stereocenters. The van der Waals surface area contributed by atoms with Crippen LogP contribution in [0.25, 0.3) is 0 Å². The zero-order valence-corrected chi connectivity index (χ0v) is 15.2. The third kappa shape index (κ3) is 3.57. The lowest BCUT2D eigenvalue weighted by molar-refractivity contribution is -0.133.